The molecule has 0 unspecified atom stereocenters. The summed E-state index contributed by atoms with van der Waals surface area (Å²) in [7, 11) is 0.225. The molecule has 0 saturated heterocycles. The number of methoxy groups -OCH3 is 2. The number of nitriles is 1. The molecule has 0 aromatic heterocycles. The Balaban J connectivity index is 2.56. The van der Waals surface area contributed by atoms with Crippen LogP contribution in [-0.2, 0) is 19.7 Å². The van der Waals surface area contributed by atoms with E-state index >= 15 is 0 Å². The van der Waals surface area contributed by atoms with Crippen LogP contribution in [0.15, 0.2) is 67.3 Å². The predicted octanol–water partition coefficient (Wildman–Crippen LogP) is 4.24. The van der Waals surface area contributed by atoms with E-state index in [0.717, 1.165) is 0 Å². The van der Waals surface area contributed by atoms with Gasteiger partial charge in [-0.3, -0.25) is 14.9 Å². The molecule has 2 amide bonds. The molecule has 2 aromatic rings. The molecule has 0 saturated carbocycles. The van der Waals surface area contributed by atoms with Crippen LogP contribution in [0.5, 0.6) is 5.75 Å². The second-order valence-electron chi connectivity index (χ2n) is 8.62. The highest BCUT2D eigenvalue weighted by molar-refractivity contribution is 6.80. The summed E-state index contributed by atoms with van der Waals surface area (Å²) in [5.74, 6) is -1.30. The Morgan fingerprint density at radius 2 is 1.74 bits per heavy atom. The van der Waals surface area contributed by atoms with Crippen molar-refractivity contribution >= 4 is 25.9 Å². The summed E-state index contributed by atoms with van der Waals surface area (Å²) in [6.07, 6.45) is 1.53. The highest BCUT2D eigenvalue weighted by Crippen LogP contribution is 2.47. The maximum absolute atomic E-state index is 13.3. The molecule has 2 aromatic carbocycles. The Bertz CT molecular complexity index is 1080. The number of carbonyl (C=O) groups excluding carboxylic acids is 3. The van der Waals surface area contributed by atoms with Gasteiger partial charge in [0.25, 0.3) is 5.91 Å². The van der Waals surface area contributed by atoms with Crippen LogP contribution >= 0.6 is 0 Å². The van der Waals surface area contributed by atoms with Gasteiger partial charge in [0.15, 0.2) is 5.41 Å². The van der Waals surface area contributed by atoms with Gasteiger partial charge in [-0.1, -0.05) is 49.5 Å². The van der Waals surface area contributed by atoms with Crippen LogP contribution < -0.4 is 10.1 Å². The largest absolute Gasteiger partial charge is 0.497 e. The van der Waals surface area contributed by atoms with Crippen LogP contribution in [0.3, 0.4) is 0 Å². The first-order valence-electron chi connectivity index (χ1n) is 10.8. The van der Waals surface area contributed by atoms with E-state index in [4.69, 9.17) is 9.47 Å². The summed E-state index contributed by atoms with van der Waals surface area (Å²) in [5, 5.41) is 12.8. The van der Waals surface area contributed by atoms with Gasteiger partial charge >= 0.3 is 5.97 Å². The third-order valence-corrected chi connectivity index (χ3v) is 9.91. The number of carbonyl (C=O) groups is 3. The van der Waals surface area contributed by atoms with Crippen molar-refractivity contribution in [3.8, 4) is 11.8 Å². The van der Waals surface area contributed by atoms with Crippen molar-refractivity contribution in [2.24, 2.45) is 0 Å². The van der Waals surface area contributed by atoms with Crippen molar-refractivity contribution < 1.29 is 23.9 Å². The molecule has 0 aliphatic rings. The van der Waals surface area contributed by atoms with Crippen LogP contribution in [0.1, 0.15) is 22.3 Å². The summed E-state index contributed by atoms with van der Waals surface area (Å²) in [5.41, 5.74) is -1.73. The zero-order valence-corrected chi connectivity index (χ0v) is 21.0. The Hall–Kier alpha value is -3.70. The summed E-state index contributed by atoms with van der Waals surface area (Å²) >= 11 is 0. The molecule has 1 N–H and O–H groups in total. The van der Waals surface area contributed by atoms with E-state index < -0.39 is 36.8 Å². The van der Waals surface area contributed by atoms with E-state index in [1.54, 1.807) is 60.7 Å². The van der Waals surface area contributed by atoms with Crippen LogP contribution in [-0.4, -0.2) is 40.1 Å². The highest BCUT2D eigenvalue weighted by Gasteiger charge is 2.55. The molecule has 0 fully saturated rings. The maximum Gasteiger partial charge on any atom is 0.330 e. The SMILES string of the molecule is C=CC[Si](C)(C)[C@@H](CC(=O)NC(=O)c1ccccc1)[C@](C#N)(C(=O)OC)c1ccc(OC)cc1. The quantitative estimate of drug-likeness (QED) is 0.311. The third kappa shape index (κ3) is 5.61. The molecule has 0 heterocycles. The molecule has 8 heteroatoms. The Labute approximate surface area is 201 Å². The number of rotatable bonds is 10. The molecule has 0 bridgehead atoms. The Morgan fingerprint density at radius 3 is 2.24 bits per heavy atom. The van der Waals surface area contributed by atoms with E-state index in [-0.39, 0.29) is 6.42 Å². The Morgan fingerprint density at radius 1 is 1.12 bits per heavy atom. The van der Waals surface area contributed by atoms with Crippen molar-refractivity contribution in [2.45, 2.75) is 36.5 Å². The molecule has 0 aliphatic heterocycles. The fourth-order valence-corrected chi connectivity index (χ4v) is 7.51. The van der Waals surface area contributed by atoms with Crippen LogP contribution in [0.2, 0.25) is 24.7 Å². The molecule has 178 valence electrons. The first-order valence-corrected chi connectivity index (χ1v) is 14.1. The summed E-state index contributed by atoms with van der Waals surface area (Å²) in [4.78, 5) is 38.9. The summed E-state index contributed by atoms with van der Waals surface area (Å²) < 4.78 is 10.3. The molecule has 2 rings (SSSR count). The zero-order chi connectivity index (χ0) is 25.4. The topological polar surface area (TPSA) is 105 Å². The van der Waals surface area contributed by atoms with Crippen molar-refractivity contribution in [3.63, 3.8) is 0 Å². The minimum Gasteiger partial charge on any atom is -0.497 e. The fraction of sp³-hybridized carbons (Fsp3) is 0.308. The van der Waals surface area contributed by atoms with Gasteiger partial charge in [-0.05, 0) is 41.4 Å². The number of nitrogens with one attached hydrogen (secondary N) is 1. The monoisotopic (exact) mass is 478 g/mol. The number of allylic oxidation sites excluding steroid dienone is 1. The molecule has 34 heavy (non-hydrogen) atoms. The molecule has 7 nitrogen and oxygen atoms in total. The second kappa shape index (κ2) is 11.4. The third-order valence-electron chi connectivity index (χ3n) is 6.04. The number of hydrogen-bond acceptors (Lipinski definition) is 6. The van der Waals surface area contributed by atoms with Gasteiger partial charge in [0.2, 0.25) is 5.91 Å². The van der Waals surface area contributed by atoms with E-state index in [9.17, 15) is 19.6 Å². The van der Waals surface area contributed by atoms with Gasteiger partial charge < -0.3 is 9.47 Å². The van der Waals surface area contributed by atoms with Crippen LogP contribution in [0.4, 0.5) is 0 Å². The van der Waals surface area contributed by atoms with E-state index in [0.29, 0.717) is 22.9 Å². The van der Waals surface area contributed by atoms with Crippen molar-refractivity contribution in [3.05, 3.63) is 78.4 Å². The standard InChI is InChI=1S/C26H30N2O5Si/c1-6-16-34(4,5)22(17-23(29)28-24(30)19-10-8-7-9-11-19)26(18-27,25(31)33-3)20-12-14-21(32-2)15-13-20/h6-15,22H,1,16-17H2,2-5H3,(H,28,29,30)/t22-,26+/m0/s1. The highest BCUT2D eigenvalue weighted by atomic mass is 28.3. The van der Waals surface area contributed by atoms with Gasteiger partial charge in [0.1, 0.15) is 5.75 Å². The zero-order valence-electron chi connectivity index (χ0n) is 20.0. The molecule has 0 aliphatic carbocycles. The van der Waals surface area contributed by atoms with E-state index in [2.05, 4.69) is 18.0 Å². The lowest BCUT2D eigenvalue weighted by Gasteiger charge is -2.41. The number of benzene rings is 2. The molecular formula is C26H30N2O5Si. The van der Waals surface area contributed by atoms with E-state index in [1.807, 2.05) is 13.1 Å². The predicted molar refractivity (Wildman–Crippen MR) is 132 cm³/mol. The average Bonchev–Trinajstić information content (AvgIpc) is 2.84. The second-order valence-corrected chi connectivity index (χ2v) is 13.7. The molecule has 0 radical (unpaired) electrons. The van der Waals surface area contributed by atoms with Crippen molar-refractivity contribution in [2.75, 3.05) is 14.2 Å². The number of hydrogen-bond donors (Lipinski definition) is 1. The van der Waals surface area contributed by atoms with Crippen LogP contribution in [0.25, 0.3) is 0 Å². The summed E-state index contributed by atoms with van der Waals surface area (Å²) in [6, 6.07) is 17.7. The lowest BCUT2D eigenvalue weighted by atomic mass is 9.77. The van der Waals surface area contributed by atoms with Crippen molar-refractivity contribution in [1.29, 1.82) is 5.26 Å². The van der Waals surface area contributed by atoms with Crippen molar-refractivity contribution in [1.82, 2.24) is 5.32 Å². The smallest absolute Gasteiger partial charge is 0.330 e. The number of esters is 1. The average molecular weight is 479 g/mol. The lowest BCUT2D eigenvalue weighted by Crippen LogP contribution is -2.52. The first-order chi connectivity index (χ1) is 16.2. The minimum atomic E-state index is -2.51. The number of imide groups is 1. The first kappa shape index (κ1) is 26.5. The molecule has 0 spiro atoms. The minimum absolute atomic E-state index is 0.208. The normalized spacial score (nSPS) is 13.5. The fourth-order valence-electron chi connectivity index (χ4n) is 4.22. The van der Waals surface area contributed by atoms with Gasteiger partial charge in [0.05, 0.1) is 28.4 Å². The van der Waals surface area contributed by atoms with Crippen LogP contribution in [0, 0.1) is 11.3 Å². The molecular weight excluding hydrogens is 448 g/mol. The van der Waals surface area contributed by atoms with Gasteiger partial charge in [-0.2, -0.15) is 5.26 Å². The molecule has 2 atom stereocenters. The Kier molecular flexibility index (Phi) is 8.93. The van der Waals surface area contributed by atoms with Gasteiger partial charge in [-0.15, -0.1) is 6.58 Å². The lowest BCUT2D eigenvalue weighted by molar-refractivity contribution is -0.145. The number of ether oxygens (including phenoxy) is 2. The maximum atomic E-state index is 13.3. The van der Waals surface area contributed by atoms with Gasteiger partial charge in [-0.25, -0.2) is 4.79 Å². The van der Waals surface area contributed by atoms with Gasteiger partial charge in [0, 0.05) is 12.0 Å². The van der Waals surface area contributed by atoms with E-state index in [1.165, 1.54) is 14.2 Å². The number of amides is 2. The summed E-state index contributed by atoms with van der Waals surface area (Å²) in [6.45, 7) is 7.81. The number of nitrogens with zero attached hydrogens (tertiary/aromatic N) is 1.